The van der Waals surface area contributed by atoms with Gasteiger partial charge < -0.3 is 20.7 Å². The standard InChI is InChI=1S/C11H12N4O3/c12-8-3-1-2-7(11(16)17)10(8)13-5-4-9-14-6-15-18-9/h1-3,6,13H,4-5,12H2,(H,16,17). The molecule has 0 aliphatic heterocycles. The minimum atomic E-state index is -1.03. The van der Waals surface area contributed by atoms with E-state index in [1.807, 2.05) is 0 Å². The molecular formula is C11H12N4O3. The SMILES string of the molecule is Nc1cccc(C(=O)O)c1NCCc1ncno1. The first-order valence-electron chi connectivity index (χ1n) is 5.29. The van der Waals surface area contributed by atoms with E-state index in [2.05, 4.69) is 15.5 Å². The lowest BCUT2D eigenvalue weighted by Gasteiger charge is -2.11. The Morgan fingerprint density at radius 2 is 2.33 bits per heavy atom. The van der Waals surface area contributed by atoms with E-state index < -0.39 is 5.97 Å². The molecule has 0 atom stereocenters. The van der Waals surface area contributed by atoms with Crippen LogP contribution in [0.2, 0.25) is 0 Å². The second-order valence-electron chi connectivity index (χ2n) is 3.59. The first kappa shape index (κ1) is 11.9. The molecule has 0 saturated heterocycles. The number of rotatable bonds is 5. The van der Waals surface area contributed by atoms with Gasteiger partial charge in [0, 0.05) is 13.0 Å². The van der Waals surface area contributed by atoms with E-state index in [1.165, 1.54) is 12.4 Å². The number of hydrogen-bond donors (Lipinski definition) is 3. The van der Waals surface area contributed by atoms with Gasteiger partial charge in [0.05, 0.1) is 16.9 Å². The lowest BCUT2D eigenvalue weighted by molar-refractivity contribution is 0.0698. The van der Waals surface area contributed by atoms with Crippen LogP contribution in [0, 0.1) is 0 Å². The second kappa shape index (κ2) is 5.17. The van der Waals surface area contributed by atoms with Gasteiger partial charge >= 0.3 is 5.97 Å². The molecule has 18 heavy (non-hydrogen) atoms. The van der Waals surface area contributed by atoms with Crippen LogP contribution in [-0.4, -0.2) is 27.8 Å². The summed E-state index contributed by atoms with van der Waals surface area (Å²) in [5, 5.41) is 15.5. The first-order valence-corrected chi connectivity index (χ1v) is 5.29. The molecule has 7 nitrogen and oxygen atoms in total. The van der Waals surface area contributed by atoms with Crippen molar-refractivity contribution in [2.75, 3.05) is 17.6 Å². The summed E-state index contributed by atoms with van der Waals surface area (Å²) in [5.74, 6) is -0.545. The molecule has 0 aliphatic rings. The molecule has 4 N–H and O–H groups in total. The molecule has 0 amide bonds. The van der Waals surface area contributed by atoms with E-state index in [9.17, 15) is 4.79 Å². The predicted molar refractivity (Wildman–Crippen MR) is 64.3 cm³/mol. The van der Waals surface area contributed by atoms with Crippen molar-refractivity contribution in [3.05, 3.63) is 36.0 Å². The van der Waals surface area contributed by atoms with E-state index >= 15 is 0 Å². The van der Waals surface area contributed by atoms with E-state index in [4.69, 9.17) is 15.4 Å². The smallest absolute Gasteiger partial charge is 0.337 e. The number of para-hydroxylation sites is 1. The van der Waals surface area contributed by atoms with Crippen molar-refractivity contribution in [1.82, 2.24) is 10.1 Å². The molecule has 0 aliphatic carbocycles. The van der Waals surface area contributed by atoms with Gasteiger partial charge in [-0.15, -0.1) is 0 Å². The fraction of sp³-hybridized carbons (Fsp3) is 0.182. The van der Waals surface area contributed by atoms with Crippen molar-refractivity contribution in [1.29, 1.82) is 0 Å². The number of carboxylic acid groups (broad SMARTS) is 1. The Balaban J connectivity index is 2.06. The van der Waals surface area contributed by atoms with Crippen LogP contribution in [-0.2, 0) is 6.42 Å². The predicted octanol–water partition coefficient (Wildman–Crippen LogP) is 1.00. The Hall–Kier alpha value is -2.57. The molecule has 2 aromatic rings. The third-order valence-electron chi connectivity index (χ3n) is 2.37. The Morgan fingerprint density at radius 3 is 3.00 bits per heavy atom. The van der Waals surface area contributed by atoms with Crippen molar-refractivity contribution in [3.8, 4) is 0 Å². The summed E-state index contributed by atoms with van der Waals surface area (Å²) in [6.07, 6.45) is 1.81. The summed E-state index contributed by atoms with van der Waals surface area (Å²) < 4.78 is 4.83. The highest BCUT2D eigenvalue weighted by atomic mass is 16.5. The molecule has 0 fully saturated rings. The fourth-order valence-corrected chi connectivity index (χ4v) is 1.55. The third kappa shape index (κ3) is 2.57. The Morgan fingerprint density at radius 1 is 1.50 bits per heavy atom. The van der Waals surface area contributed by atoms with E-state index in [1.54, 1.807) is 12.1 Å². The molecule has 1 heterocycles. The van der Waals surface area contributed by atoms with Gasteiger partial charge in [-0.1, -0.05) is 11.2 Å². The molecule has 1 aromatic heterocycles. The van der Waals surface area contributed by atoms with E-state index in [0.29, 0.717) is 30.2 Å². The highest BCUT2D eigenvalue weighted by Crippen LogP contribution is 2.23. The molecule has 0 saturated carbocycles. The number of aromatic nitrogens is 2. The summed E-state index contributed by atoms with van der Waals surface area (Å²) in [7, 11) is 0. The number of benzene rings is 1. The third-order valence-corrected chi connectivity index (χ3v) is 2.37. The molecule has 7 heteroatoms. The number of aromatic carboxylic acids is 1. The molecule has 0 spiro atoms. The minimum Gasteiger partial charge on any atom is -0.478 e. The highest BCUT2D eigenvalue weighted by Gasteiger charge is 2.12. The topological polar surface area (TPSA) is 114 Å². The number of carboxylic acids is 1. The largest absolute Gasteiger partial charge is 0.478 e. The maximum Gasteiger partial charge on any atom is 0.337 e. The summed E-state index contributed by atoms with van der Waals surface area (Å²) >= 11 is 0. The van der Waals surface area contributed by atoms with Crippen LogP contribution in [0.5, 0.6) is 0 Å². The van der Waals surface area contributed by atoms with Crippen molar-refractivity contribution in [2.45, 2.75) is 6.42 Å². The maximum absolute atomic E-state index is 11.0. The monoisotopic (exact) mass is 248 g/mol. The summed E-state index contributed by atoms with van der Waals surface area (Å²) in [4.78, 5) is 14.9. The quantitative estimate of drug-likeness (QED) is 0.676. The van der Waals surface area contributed by atoms with Gasteiger partial charge in [0.1, 0.15) is 0 Å². The van der Waals surface area contributed by atoms with Gasteiger partial charge in [-0.2, -0.15) is 4.98 Å². The molecule has 1 aromatic carbocycles. The molecule has 0 bridgehead atoms. The summed E-state index contributed by atoms with van der Waals surface area (Å²) in [6, 6.07) is 4.73. The summed E-state index contributed by atoms with van der Waals surface area (Å²) in [5.41, 5.74) is 6.68. The zero-order chi connectivity index (χ0) is 13.0. The van der Waals surface area contributed by atoms with Crippen LogP contribution < -0.4 is 11.1 Å². The number of anilines is 2. The number of nitrogens with one attached hydrogen (secondary N) is 1. The Bertz CT molecular complexity index is 539. The van der Waals surface area contributed by atoms with Gasteiger partial charge in [-0.05, 0) is 12.1 Å². The summed E-state index contributed by atoms with van der Waals surface area (Å²) in [6.45, 7) is 0.455. The lowest BCUT2D eigenvalue weighted by Crippen LogP contribution is -2.11. The maximum atomic E-state index is 11.0. The molecule has 0 radical (unpaired) electrons. The van der Waals surface area contributed by atoms with Gasteiger partial charge in [0.25, 0.3) is 0 Å². The van der Waals surface area contributed by atoms with Crippen LogP contribution in [0.25, 0.3) is 0 Å². The molecule has 0 unspecified atom stereocenters. The van der Waals surface area contributed by atoms with Crippen molar-refractivity contribution < 1.29 is 14.4 Å². The van der Waals surface area contributed by atoms with Crippen molar-refractivity contribution >= 4 is 17.3 Å². The second-order valence-corrected chi connectivity index (χ2v) is 3.59. The lowest BCUT2D eigenvalue weighted by atomic mass is 10.1. The van der Waals surface area contributed by atoms with Crippen LogP contribution in [0.4, 0.5) is 11.4 Å². The van der Waals surface area contributed by atoms with Crippen molar-refractivity contribution in [3.63, 3.8) is 0 Å². The normalized spacial score (nSPS) is 10.2. The van der Waals surface area contributed by atoms with Crippen LogP contribution in [0.1, 0.15) is 16.2 Å². The number of nitrogens with two attached hydrogens (primary N) is 1. The number of nitrogen functional groups attached to an aromatic ring is 1. The number of nitrogens with zero attached hydrogens (tertiary/aromatic N) is 2. The zero-order valence-corrected chi connectivity index (χ0v) is 9.46. The molecule has 2 rings (SSSR count). The number of carbonyl (C=O) groups is 1. The van der Waals surface area contributed by atoms with E-state index in [0.717, 1.165) is 0 Å². The van der Waals surface area contributed by atoms with Crippen LogP contribution in [0.15, 0.2) is 29.0 Å². The Labute approximate surface area is 103 Å². The minimum absolute atomic E-state index is 0.139. The van der Waals surface area contributed by atoms with Gasteiger partial charge in [0.2, 0.25) is 5.89 Å². The highest BCUT2D eigenvalue weighted by molar-refractivity contribution is 5.97. The number of hydrogen-bond acceptors (Lipinski definition) is 6. The van der Waals surface area contributed by atoms with Crippen LogP contribution in [0.3, 0.4) is 0 Å². The molecular weight excluding hydrogens is 236 g/mol. The van der Waals surface area contributed by atoms with Crippen LogP contribution >= 0.6 is 0 Å². The first-order chi connectivity index (χ1) is 8.68. The molecule has 94 valence electrons. The average molecular weight is 248 g/mol. The fourth-order valence-electron chi connectivity index (χ4n) is 1.55. The Kier molecular flexibility index (Phi) is 3.42. The van der Waals surface area contributed by atoms with Gasteiger partial charge in [-0.3, -0.25) is 0 Å². The van der Waals surface area contributed by atoms with Gasteiger partial charge in [0.15, 0.2) is 6.33 Å². The van der Waals surface area contributed by atoms with Crippen molar-refractivity contribution in [2.24, 2.45) is 0 Å². The van der Waals surface area contributed by atoms with E-state index in [-0.39, 0.29) is 5.56 Å². The van der Waals surface area contributed by atoms with Gasteiger partial charge in [-0.25, -0.2) is 4.79 Å². The average Bonchev–Trinajstić information content (AvgIpc) is 2.84. The zero-order valence-electron chi connectivity index (χ0n) is 9.46.